The van der Waals surface area contributed by atoms with Gasteiger partial charge in [0.05, 0.1) is 5.69 Å². The largest absolute Gasteiger partial charge is 0.318 e. The molecule has 0 aliphatic rings. The van der Waals surface area contributed by atoms with Crippen LogP contribution < -0.4 is 0 Å². The Bertz CT molecular complexity index is 294. The monoisotopic (exact) mass is 278 g/mol. The zero-order valence-electron chi connectivity index (χ0n) is 8.27. The lowest BCUT2D eigenvalue weighted by atomic mass is 10.1. The Labute approximate surface area is 87.5 Å². The molecule has 1 rings (SSSR count). The van der Waals surface area contributed by atoms with Crippen LogP contribution in [0, 0.1) is 17.7 Å². The van der Waals surface area contributed by atoms with Crippen LogP contribution in [-0.4, -0.2) is 9.55 Å². The highest BCUT2D eigenvalue weighted by molar-refractivity contribution is 14.1. The average molecular weight is 278 g/mol. The Kier molecular flexibility index (Phi) is 2.52. The van der Waals surface area contributed by atoms with Crippen LogP contribution in [0.15, 0.2) is 0 Å². The first kappa shape index (κ1) is 10.0. The van der Waals surface area contributed by atoms with Crippen molar-refractivity contribution in [2.45, 2.75) is 40.2 Å². The van der Waals surface area contributed by atoms with Gasteiger partial charge in [-0.25, -0.2) is 4.98 Å². The lowest BCUT2D eigenvalue weighted by Crippen LogP contribution is -2.24. The Morgan fingerprint density at radius 3 is 1.92 bits per heavy atom. The topological polar surface area (TPSA) is 17.8 Å². The molecule has 0 unspecified atom stereocenters. The molecule has 3 heteroatoms. The van der Waals surface area contributed by atoms with E-state index in [0.29, 0.717) is 0 Å². The standard InChI is InChI=1S/C9H15IN2/c1-6-7(2)12(8(10)11-6)9(3,4)5/h1-5H3. The fraction of sp³-hybridized carbons (Fsp3) is 0.667. The molecule has 0 aliphatic heterocycles. The third-order valence-electron chi connectivity index (χ3n) is 1.97. The molecular formula is C9H15IN2. The summed E-state index contributed by atoms with van der Waals surface area (Å²) in [6.07, 6.45) is 0. The van der Waals surface area contributed by atoms with Crippen molar-refractivity contribution >= 4 is 22.6 Å². The normalized spacial score (nSPS) is 12.2. The van der Waals surface area contributed by atoms with Gasteiger partial charge in [-0.2, -0.15) is 0 Å². The highest BCUT2D eigenvalue weighted by atomic mass is 127. The lowest BCUT2D eigenvalue weighted by molar-refractivity contribution is 0.380. The molecular weight excluding hydrogens is 263 g/mol. The van der Waals surface area contributed by atoms with Crippen molar-refractivity contribution in [3.63, 3.8) is 0 Å². The number of halogens is 1. The molecule has 12 heavy (non-hydrogen) atoms. The minimum absolute atomic E-state index is 0.141. The molecule has 0 amide bonds. The van der Waals surface area contributed by atoms with Crippen molar-refractivity contribution in [2.75, 3.05) is 0 Å². The molecule has 0 saturated carbocycles. The van der Waals surface area contributed by atoms with Crippen molar-refractivity contribution in [1.29, 1.82) is 0 Å². The second-order valence-corrected chi connectivity index (χ2v) is 5.02. The van der Waals surface area contributed by atoms with E-state index in [1.165, 1.54) is 5.69 Å². The van der Waals surface area contributed by atoms with E-state index in [0.717, 1.165) is 9.53 Å². The van der Waals surface area contributed by atoms with Gasteiger partial charge in [0.2, 0.25) is 0 Å². The molecule has 0 fully saturated rings. The van der Waals surface area contributed by atoms with Crippen LogP contribution in [0.1, 0.15) is 32.2 Å². The van der Waals surface area contributed by atoms with Crippen molar-refractivity contribution < 1.29 is 0 Å². The summed E-state index contributed by atoms with van der Waals surface area (Å²) in [5.41, 5.74) is 2.54. The quantitative estimate of drug-likeness (QED) is 0.667. The average Bonchev–Trinajstić information content (AvgIpc) is 2.05. The summed E-state index contributed by atoms with van der Waals surface area (Å²) in [6, 6.07) is 0. The fourth-order valence-electron chi connectivity index (χ4n) is 1.35. The van der Waals surface area contributed by atoms with Crippen LogP contribution in [0.5, 0.6) is 0 Å². The Morgan fingerprint density at radius 1 is 1.25 bits per heavy atom. The highest BCUT2D eigenvalue weighted by Gasteiger charge is 2.19. The first-order chi connectivity index (χ1) is 5.34. The molecule has 2 nitrogen and oxygen atoms in total. The molecule has 0 aliphatic carbocycles. The summed E-state index contributed by atoms with van der Waals surface area (Å²) >= 11 is 2.28. The van der Waals surface area contributed by atoms with E-state index in [-0.39, 0.29) is 5.54 Å². The SMILES string of the molecule is Cc1nc(I)n(C(C)(C)C)c1C. The zero-order chi connectivity index (χ0) is 9.52. The Morgan fingerprint density at radius 2 is 1.75 bits per heavy atom. The van der Waals surface area contributed by atoms with Gasteiger partial charge in [0.25, 0.3) is 0 Å². The molecule has 1 heterocycles. The number of imidazole rings is 1. The fourth-order valence-corrected chi connectivity index (χ4v) is 2.80. The van der Waals surface area contributed by atoms with Crippen LogP contribution in [0.2, 0.25) is 0 Å². The summed E-state index contributed by atoms with van der Waals surface area (Å²) in [6.45, 7) is 10.8. The molecule has 0 spiro atoms. The predicted octanol–water partition coefficient (Wildman–Crippen LogP) is 2.86. The number of hydrogen-bond donors (Lipinski definition) is 0. The summed E-state index contributed by atoms with van der Waals surface area (Å²) in [5.74, 6) is 0. The molecule has 0 radical (unpaired) electrons. The summed E-state index contributed by atoms with van der Waals surface area (Å²) in [4.78, 5) is 4.43. The molecule has 68 valence electrons. The Hall–Kier alpha value is -0.0600. The van der Waals surface area contributed by atoms with Gasteiger partial charge in [-0.05, 0) is 57.2 Å². The maximum atomic E-state index is 4.43. The number of aromatic nitrogens is 2. The summed E-state index contributed by atoms with van der Waals surface area (Å²) < 4.78 is 3.35. The van der Waals surface area contributed by atoms with Gasteiger partial charge in [0.15, 0.2) is 3.83 Å². The summed E-state index contributed by atoms with van der Waals surface area (Å²) in [5, 5.41) is 0. The van der Waals surface area contributed by atoms with Crippen LogP contribution in [0.4, 0.5) is 0 Å². The minimum Gasteiger partial charge on any atom is -0.318 e. The highest BCUT2D eigenvalue weighted by Crippen LogP contribution is 2.22. The summed E-state index contributed by atoms with van der Waals surface area (Å²) in [7, 11) is 0. The molecule has 0 aromatic carbocycles. The van der Waals surface area contributed by atoms with Crippen molar-refractivity contribution in [3.8, 4) is 0 Å². The van der Waals surface area contributed by atoms with E-state index in [4.69, 9.17) is 0 Å². The van der Waals surface area contributed by atoms with Gasteiger partial charge in [-0.15, -0.1) is 0 Å². The van der Waals surface area contributed by atoms with Crippen molar-refractivity contribution in [3.05, 3.63) is 15.2 Å². The number of aryl methyl sites for hydroxylation is 1. The third-order valence-corrected chi connectivity index (χ3v) is 2.70. The van der Waals surface area contributed by atoms with E-state index >= 15 is 0 Å². The minimum atomic E-state index is 0.141. The first-order valence-electron chi connectivity index (χ1n) is 4.06. The van der Waals surface area contributed by atoms with Crippen LogP contribution in [0.25, 0.3) is 0 Å². The van der Waals surface area contributed by atoms with Gasteiger partial charge in [0, 0.05) is 11.2 Å². The van der Waals surface area contributed by atoms with Crippen LogP contribution in [0.3, 0.4) is 0 Å². The van der Waals surface area contributed by atoms with E-state index in [9.17, 15) is 0 Å². The lowest BCUT2D eigenvalue weighted by Gasteiger charge is -2.23. The van der Waals surface area contributed by atoms with E-state index in [2.05, 4.69) is 66.8 Å². The third kappa shape index (κ3) is 1.65. The smallest absolute Gasteiger partial charge is 0.172 e. The first-order valence-corrected chi connectivity index (χ1v) is 5.14. The van der Waals surface area contributed by atoms with Gasteiger partial charge in [0.1, 0.15) is 0 Å². The van der Waals surface area contributed by atoms with Gasteiger partial charge in [-0.1, -0.05) is 0 Å². The van der Waals surface area contributed by atoms with E-state index < -0.39 is 0 Å². The number of nitrogens with zero attached hydrogens (tertiary/aromatic N) is 2. The molecule has 0 atom stereocenters. The van der Waals surface area contributed by atoms with Crippen LogP contribution >= 0.6 is 22.6 Å². The maximum Gasteiger partial charge on any atom is 0.172 e. The van der Waals surface area contributed by atoms with Gasteiger partial charge >= 0.3 is 0 Å². The van der Waals surface area contributed by atoms with Crippen molar-refractivity contribution in [2.24, 2.45) is 0 Å². The molecule has 0 N–H and O–H groups in total. The van der Waals surface area contributed by atoms with Gasteiger partial charge in [-0.3, -0.25) is 0 Å². The molecule has 0 saturated heterocycles. The number of hydrogen-bond acceptors (Lipinski definition) is 1. The number of rotatable bonds is 0. The zero-order valence-corrected chi connectivity index (χ0v) is 10.4. The van der Waals surface area contributed by atoms with E-state index in [1.807, 2.05) is 0 Å². The second-order valence-electron chi connectivity index (χ2n) is 4.06. The maximum absolute atomic E-state index is 4.43. The predicted molar refractivity (Wildman–Crippen MR) is 59.4 cm³/mol. The van der Waals surface area contributed by atoms with E-state index in [1.54, 1.807) is 0 Å². The second kappa shape index (κ2) is 3.01. The Balaban J connectivity index is 3.32. The van der Waals surface area contributed by atoms with Crippen molar-refractivity contribution in [1.82, 2.24) is 9.55 Å². The van der Waals surface area contributed by atoms with Gasteiger partial charge < -0.3 is 4.57 Å². The molecule has 1 aromatic heterocycles. The molecule has 0 bridgehead atoms. The van der Waals surface area contributed by atoms with Crippen LogP contribution in [-0.2, 0) is 5.54 Å². The molecule has 1 aromatic rings.